The third kappa shape index (κ3) is 3.37. The van der Waals surface area contributed by atoms with Gasteiger partial charge in [0.1, 0.15) is 5.75 Å². The van der Waals surface area contributed by atoms with E-state index in [2.05, 4.69) is 30.0 Å². The Balaban J connectivity index is 2.35. The monoisotopic (exact) mass is 285 g/mol. The molecule has 0 radical (unpaired) electrons. The van der Waals surface area contributed by atoms with Crippen LogP contribution in [0.2, 0.25) is 0 Å². The van der Waals surface area contributed by atoms with Crippen molar-refractivity contribution >= 4 is 5.69 Å². The van der Waals surface area contributed by atoms with Gasteiger partial charge in [-0.3, -0.25) is 0 Å². The van der Waals surface area contributed by atoms with Crippen molar-refractivity contribution < 1.29 is 9.84 Å². The number of benzene rings is 2. The molecule has 0 aliphatic rings. The average Bonchev–Trinajstić information content (AvgIpc) is 2.48. The lowest BCUT2D eigenvalue weighted by molar-refractivity contribution is 0.194. The summed E-state index contributed by atoms with van der Waals surface area (Å²) >= 11 is 0. The van der Waals surface area contributed by atoms with Crippen molar-refractivity contribution in [3.05, 3.63) is 59.2 Å². The lowest BCUT2D eigenvalue weighted by Crippen LogP contribution is -2.19. The first-order valence-electron chi connectivity index (χ1n) is 7.15. The molecule has 0 saturated heterocycles. The number of hydrogen-bond acceptors (Lipinski definition) is 3. The second-order valence-electron chi connectivity index (χ2n) is 5.35. The predicted molar refractivity (Wildman–Crippen MR) is 86.9 cm³/mol. The molecule has 21 heavy (non-hydrogen) atoms. The second-order valence-corrected chi connectivity index (χ2v) is 5.35. The Hall–Kier alpha value is -2.00. The van der Waals surface area contributed by atoms with Gasteiger partial charge in [-0.1, -0.05) is 30.3 Å². The molecule has 2 rings (SSSR count). The van der Waals surface area contributed by atoms with Crippen molar-refractivity contribution in [2.45, 2.75) is 26.5 Å². The summed E-state index contributed by atoms with van der Waals surface area (Å²) in [5.74, 6) is 0.721. The molecule has 0 saturated carbocycles. The van der Waals surface area contributed by atoms with Crippen LogP contribution in [0.4, 0.5) is 5.69 Å². The number of hydrogen-bond donors (Lipinski definition) is 1. The van der Waals surface area contributed by atoms with E-state index in [-0.39, 0.29) is 0 Å². The summed E-state index contributed by atoms with van der Waals surface area (Å²) in [6.07, 6.45) is -0.574. The van der Waals surface area contributed by atoms with Crippen LogP contribution in [0.3, 0.4) is 0 Å². The molecule has 2 aromatic rings. The highest BCUT2D eigenvalue weighted by molar-refractivity contribution is 5.60. The van der Waals surface area contributed by atoms with Crippen LogP contribution in [0.5, 0.6) is 5.75 Å². The number of ether oxygens (including phenoxy) is 1. The Kier molecular flexibility index (Phi) is 4.86. The molecule has 3 nitrogen and oxygen atoms in total. The summed E-state index contributed by atoms with van der Waals surface area (Å²) in [6.45, 7) is 4.67. The van der Waals surface area contributed by atoms with E-state index in [4.69, 9.17) is 4.74 Å². The minimum absolute atomic E-state index is 0.574. The van der Waals surface area contributed by atoms with E-state index in [1.165, 1.54) is 11.1 Å². The molecule has 0 aliphatic carbocycles. The van der Waals surface area contributed by atoms with E-state index in [0.717, 1.165) is 23.5 Å². The standard InChI is InChI=1S/C18H23NO2/c1-13-8-5-6-9-15(13)12-19(3)16-10-7-11-17(21-4)18(16)14(2)20/h5-11,14,20H,12H2,1-4H3/t14-/m1/s1. The third-order valence-electron chi connectivity index (χ3n) is 3.76. The first-order chi connectivity index (χ1) is 10.0. The van der Waals surface area contributed by atoms with Crippen LogP contribution in [-0.4, -0.2) is 19.3 Å². The molecule has 0 spiro atoms. The highest BCUT2D eigenvalue weighted by atomic mass is 16.5. The van der Waals surface area contributed by atoms with Gasteiger partial charge in [-0.05, 0) is 37.1 Å². The molecule has 0 aliphatic heterocycles. The lowest BCUT2D eigenvalue weighted by Gasteiger charge is -2.25. The number of rotatable bonds is 5. The fraction of sp³-hybridized carbons (Fsp3) is 0.333. The van der Waals surface area contributed by atoms with Crippen molar-refractivity contribution in [2.75, 3.05) is 19.1 Å². The summed E-state index contributed by atoms with van der Waals surface area (Å²) in [5, 5.41) is 10.1. The molecule has 0 heterocycles. The number of methoxy groups -OCH3 is 1. The molecule has 0 amide bonds. The summed E-state index contributed by atoms with van der Waals surface area (Å²) in [5.41, 5.74) is 4.37. The Morgan fingerprint density at radius 1 is 1.14 bits per heavy atom. The fourth-order valence-electron chi connectivity index (χ4n) is 2.59. The minimum Gasteiger partial charge on any atom is -0.496 e. The third-order valence-corrected chi connectivity index (χ3v) is 3.76. The average molecular weight is 285 g/mol. The Morgan fingerprint density at radius 2 is 1.86 bits per heavy atom. The number of aliphatic hydroxyl groups excluding tert-OH is 1. The maximum Gasteiger partial charge on any atom is 0.126 e. The van der Waals surface area contributed by atoms with Gasteiger partial charge in [0, 0.05) is 24.8 Å². The zero-order valence-electron chi connectivity index (χ0n) is 13.1. The van der Waals surface area contributed by atoms with Crippen molar-refractivity contribution in [2.24, 2.45) is 0 Å². The number of nitrogens with zero attached hydrogens (tertiary/aromatic N) is 1. The summed E-state index contributed by atoms with van der Waals surface area (Å²) in [7, 11) is 3.67. The van der Waals surface area contributed by atoms with Crippen LogP contribution in [0.1, 0.15) is 29.7 Å². The first-order valence-corrected chi connectivity index (χ1v) is 7.15. The molecule has 0 aromatic heterocycles. The Bertz CT molecular complexity index is 608. The van der Waals surface area contributed by atoms with E-state index in [1.54, 1.807) is 14.0 Å². The fourth-order valence-corrected chi connectivity index (χ4v) is 2.59. The van der Waals surface area contributed by atoms with Crippen LogP contribution >= 0.6 is 0 Å². The lowest BCUT2D eigenvalue weighted by atomic mass is 10.0. The largest absolute Gasteiger partial charge is 0.496 e. The van der Waals surface area contributed by atoms with E-state index in [1.807, 2.05) is 31.3 Å². The molecule has 0 fully saturated rings. The van der Waals surface area contributed by atoms with Crippen molar-refractivity contribution in [3.8, 4) is 5.75 Å². The van der Waals surface area contributed by atoms with Gasteiger partial charge in [-0.2, -0.15) is 0 Å². The smallest absolute Gasteiger partial charge is 0.126 e. The number of anilines is 1. The normalized spacial score (nSPS) is 12.0. The van der Waals surface area contributed by atoms with Gasteiger partial charge >= 0.3 is 0 Å². The highest BCUT2D eigenvalue weighted by Crippen LogP contribution is 2.34. The first kappa shape index (κ1) is 15.4. The summed E-state index contributed by atoms with van der Waals surface area (Å²) in [4.78, 5) is 2.15. The maximum absolute atomic E-state index is 10.1. The highest BCUT2D eigenvalue weighted by Gasteiger charge is 2.17. The quantitative estimate of drug-likeness (QED) is 0.909. The van der Waals surface area contributed by atoms with Crippen LogP contribution in [0.25, 0.3) is 0 Å². The molecule has 2 aromatic carbocycles. The molecule has 3 heteroatoms. The molecule has 1 atom stereocenters. The molecule has 0 unspecified atom stereocenters. The van der Waals surface area contributed by atoms with Crippen molar-refractivity contribution in [1.29, 1.82) is 0 Å². The van der Waals surface area contributed by atoms with Gasteiger partial charge in [0.05, 0.1) is 13.2 Å². The van der Waals surface area contributed by atoms with Gasteiger partial charge in [0.25, 0.3) is 0 Å². The molecule has 112 valence electrons. The van der Waals surface area contributed by atoms with Gasteiger partial charge < -0.3 is 14.7 Å². The molecule has 1 N–H and O–H groups in total. The predicted octanol–water partition coefficient (Wildman–Crippen LogP) is 3.69. The topological polar surface area (TPSA) is 32.7 Å². The number of aryl methyl sites for hydroxylation is 1. The summed E-state index contributed by atoms with van der Waals surface area (Å²) < 4.78 is 5.38. The molecular weight excluding hydrogens is 262 g/mol. The molecular formula is C18H23NO2. The van der Waals surface area contributed by atoms with E-state index in [9.17, 15) is 5.11 Å². The maximum atomic E-state index is 10.1. The van der Waals surface area contributed by atoms with Crippen LogP contribution in [0, 0.1) is 6.92 Å². The minimum atomic E-state index is -0.574. The van der Waals surface area contributed by atoms with E-state index >= 15 is 0 Å². The summed E-state index contributed by atoms with van der Waals surface area (Å²) in [6, 6.07) is 14.2. The van der Waals surface area contributed by atoms with Crippen molar-refractivity contribution in [3.63, 3.8) is 0 Å². The Morgan fingerprint density at radius 3 is 2.48 bits per heavy atom. The van der Waals surface area contributed by atoms with Gasteiger partial charge in [-0.25, -0.2) is 0 Å². The van der Waals surface area contributed by atoms with Gasteiger partial charge in [-0.15, -0.1) is 0 Å². The van der Waals surface area contributed by atoms with E-state index in [0.29, 0.717) is 0 Å². The Labute approximate surface area is 126 Å². The second kappa shape index (κ2) is 6.64. The SMILES string of the molecule is COc1cccc(N(C)Cc2ccccc2C)c1[C@@H](C)O. The van der Waals surface area contributed by atoms with Crippen LogP contribution in [-0.2, 0) is 6.54 Å². The van der Waals surface area contributed by atoms with Gasteiger partial charge in [0.15, 0.2) is 0 Å². The number of aliphatic hydroxyl groups is 1. The van der Waals surface area contributed by atoms with Gasteiger partial charge in [0.2, 0.25) is 0 Å². The zero-order valence-corrected chi connectivity index (χ0v) is 13.1. The van der Waals surface area contributed by atoms with E-state index < -0.39 is 6.10 Å². The zero-order chi connectivity index (χ0) is 15.4. The van der Waals surface area contributed by atoms with Crippen LogP contribution in [0.15, 0.2) is 42.5 Å². The molecule has 0 bridgehead atoms. The van der Waals surface area contributed by atoms with Crippen molar-refractivity contribution in [1.82, 2.24) is 0 Å². The van der Waals surface area contributed by atoms with Crippen LogP contribution < -0.4 is 9.64 Å².